The molecular weight excluding hydrogens is 378 g/mol. The first-order chi connectivity index (χ1) is 13.2. The molecule has 0 fully saturated rings. The summed E-state index contributed by atoms with van der Waals surface area (Å²) in [5, 5.41) is 8.12. The van der Waals surface area contributed by atoms with Crippen molar-refractivity contribution in [1.29, 1.82) is 0 Å². The average Bonchev–Trinajstić information content (AvgIpc) is 3.33. The summed E-state index contributed by atoms with van der Waals surface area (Å²) in [4.78, 5) is 28.3. The maximum Gasteiger partial charge on any atom is 0.324 e. The molecule has 2 N–H and O–H groups in total. The largest absolute Gasteiger partial charge is 0.329 e. The molecule has 0 spiro atoms. The number of urea groups is 1. The molecule has 0 aliphatic heterocycles. The van der Waals surface area contributed by atoms with Gasteiger partial charge in [0.15, 0.2) is 0 Å². The Hall–Kier alpha value is -2.90. The van der Waals surface area contributed by atoms with Crippen LogP contribution >= 0.6 is 22.7 Å². The number of benzene rings is 1. The Morgan fingerprint density at radius 2 is 1.85 bits per heavy atom. The molecule has 0 atom stereocenters. The van der Waals surface area contributed by atoms with E-state index in [4.69, 9.17) is 0 Å². The lowest BCUT2D eigenvalue weighted by molar-refractivity contribution is 0.0769. The van der Waals surface area contributed by atoms with E-state index >= 15 is 0 Å². The number of nitrogens with one attached hydrogen (secondary N) is 2. The normalized spacial score (nSPS) is 10.2. The summed E-state index contributed by atoms with van der Waals surface area (Å²) in [5.41, 5.74) is 0.705. The van der Waals surface area contributed by atoms with Crippen LogP contribution in [-0.2, 0) is 6.54 Å². The van der Waals surface area contributed by atoms with Gasteiger partial charge in [-0.25, -0.2) is 4.79 Å². The van der Waals surface area contributed by atoms with E-state index in [2.05, 4.69) is 17.2 Å². The molecule has 2 aromatic heterocycles. The molecule has 138 valence electrons. The van der Waals surface area contributed by atoms with Crippen LogP contribution in [0, 0.1) is 0 Å². The van der Waals surface area contributed by atoms with Crippen molar-refractivity contribution in [2.24, 2.45) is 0 Å². The number of rotatable bonds is 7. The zero-order valence-electron chi connectivity index (χ0n) is 14.6. The third-order valence-corrected chi connectivity index (χ3v) is 5.50. The minimum atomic E-state index is -0.344. The second-order valence-electron chi connectivity index (χ2n) is 5.66. The van der Waals surface area contributed by atoms with E-state index in [1.807, 2.05) is 35.7 Å². The summed E-state index contributed by atoms with van der Waals surface area (Å²) in [6.45, 7) is 4.74. The number of nitrogens with zero attached hydrogens (tertiary/aromatic N) is 1. The highest BCUT2D eigenvalue weighted by atomic mass is 32.1. The second kappa shape index (κ2) is 9.16. The molecule has 27 heavy (non-hydrogen) atoms. The zero-order chi connectivity index (χ0) is 19.1. The van der Waals surface area contributed by atoms with Gasteiger partial charge < -0.3 is 10.2 Å². The average molecular weight is 398 g/mol. The molecule has 2 heterocycles. The standard InChI is InChI=1S/C20H19N3O2S2/c1-2-12-23(14-16-9-6-13-26-16)19(24)17-10-11-18(27-17)22-20(25)21-15-7-4-3-5-8-15/h2-11,13H,1,12,14H2,(H2,21,22,25). The zero-order valence-corrected chi connectivity index (χ0v) is 16.2. The second-order valence-corrected chi connectivity index (χ2v) is 7.78. The SMILES string of the molecule is C=CCN(Cc1cccs1)C(=O)c1ccc(NC(=O)Nc2ccccc2)s1. The van der Waals surface area contributed by atoms with Gasteiger partial charge in [0.2, 0.25) is 0 Å². The number of anilines is 2. The van der Waals surface area contributed by atoms with Gasteiger partial charge in [0.05, 0.1) is 16.4 Å². The van der Waals surface area contributed by atoms with Crippen LogP contribution in [0.3, 0.4) is 0 Å². The lowest BCUT2D eigenvalue weighted by Crippen LogP contribution is -2.29. The van der Waals surface area contributed by atoms with Crippen LogP contribution in [0.1, 0.15) is 14.5 Å². The number of amides is 3. The van der Waals surface area contributed by atoms with E-state index in [9.17, 15) is 9.59 Å². The molecule has 0 aliphatic carbocycles. The molecule has 0 saturated carbocycles. The van der Waals surface area contributed by atoms with Crippen LogP contribution in [0.15, 0.2) is 72.6 Å². The number of hydrogen-bond acceptors (Lipinski definition) is 4. The molecule has 5 nitrogen and oxygen atoms in total. The Labute approximate surface area is 166 Å². The highest BCUT2D eigenvalue weighted by Crippen LogP contribution is 2.24. The van der Waals surface area contributed by atoms with Crippen molar-refractivity contribution in [3.63, 3.8) is 0 Å². The van der Waals surface area contributed by atoms with Gasteiger partial charge >= 0.3 is 6.03 Å². The quantitative estimate of drug-likeness (QED) is 0.533. The smallest absolute Gasteiger partial charge is 0.324 e. The third-order valence-electron chi connectivity index (χ3n) is 3.65. The molecule has 0 radical (unpaired) electrons. The summed E-state index contributed by atoms with van der Waals surface area (Å²) >= 11 is 2.87. The molecule has 0 aliphatic rings. The third kappa shape index (κ3) is 5.29. The van der Waals surface area contributed by atoms with Crippen molar-refractivity contribution < 1.29 is 9.59 Å². The molecule has 0 saturated heterocycles. The number of carbonyl (C=O) groups is 2. The Balaban J connectivity index is 1.63. The van der Waals surface area contributed by atoms with E-state index in [0.717, 1.165) is 4.88 Å². The van der Waals surface area contributed by atoms with Crippen molar-refractivity contribution >= 4 is 45.3 Å². The van der Waals surface area contributed by atoms with Crippen LogP contribution in [0.4, 0.5) is 15.5 Å². The van der Waals surface area contributed by atoms with Crippen molar-refractivity contribution in [3.05, 3.63) is 82.4 Å². The minimum absolute atomic E-state index is 0.0789. The first-order valence-corrected chi connectivity index (χ1v) is 10.0. The van der Waals surface area contributed by atoms with Crippen LogP contribution < -0.4 is 10.6 Å². The Morgan fingerprint density at radius 1 is 1.04 bits per heavy atom. The van der Waals surface area contributed by atoms with Gasteiger partial charge in [-0.15, -0.1) is 29.3 Å². The topological polar surface area (TPSA) is 61.4 Å². The molecule has 1 aromatic carbocycles. The monoisotopic (exact) mass is 397 g/mol. The fourth-order valence-corrected chi connectivity index (χ4v) is 4.03. The van der Waals surface area contributed by atoms with Crippen LogP contribution in [0.25, 0.3) is 0 Å². The summed E-state index contributed by atoms with van der Waals surface area (Å²) in [6, 6.07) is 16.3. The summed E-state index contributed by atoms with van der Waals surface area (Å²) < 4.78 is 0. The van der Waals surface area contributed by atoms with Crippen LogP contribution in [0.5, 0.6) is 0 Å². The molecule has 0 unspecified atom stereocenters. The van der Waals surface area contributed by atoms with Gasteiger partial charge in [0.1, 0.15) is 0 Å². The van der Waals surface area contributed by atoms with Crippen LogP contribution in [0.2, 0.25) is 0 Å². The highest BCUT2D eigenvalue weighted by Gasteiger charge is 2.18. The predicted molar refractivity (Wildman–Crippen MR) is 113 cm³/mol. The van der Waals surface area contributed by atoms with Gasteiger partial charge in [0.25, 0.3) is 5.91 Å². The van der Waals surface area contributed by atoms with Crippen LogP contribution in [-0.4, -0.2) is 23.4 Å². The summed E-state index contributed by atoms with van der Waals surface area (Å²) in [7, 11) is 0. The van der Waals surface area contributed by atoms with Crippen molar-refractivity contribution in [2.45, 2.75) is 6.54 Å². The van der Waals surface area contributed by atoms with E-state index in [0.29, 0.717) is 28.7 Å². The molecule has 3 rings (SSSR count). The molecule has 3 amide bonds. The Kier molecular flexibility index (Phi) is 6.40. The Morgan fingerprint density at radius 3 is 2.56 bits per heavy atom. The predicted octanol–water partition coefficient (Wildman–Crippen LogP) is 5.28. The maximum atomic E-state index is 12.8. The van der Waals surface area contributed by atoms with E-state index in [1.165, 1.54) is 11.3 Å². The van der Waals surface area contributed by atoms with E-state index < -0.39 is 0 Å². The van der Waals surface area contributed by atoms with Crippen molar-refractivity contribution in [3.8, 4) is 0 Å². The van der Waals surface area contributed by atoms with E-state index in [1.54, 1.807) is 46.6 Å². The first kappa shape index (κ1) is 18.9. The Bertz CT molecular complexity index is 904. The summed E-state index contributed by atoms with van der Waals surface area (Å²) in [5.74, 6) is -0.0789. The van der Waals surface area contributed by atoms with Gasteiger partial charge in [0, 0.05) is 17.1 Å². The molecular formula is C20H19N3O2S2. The summed E-state index contributed by atoms with van der Waals surface area (Å²) in [6.07, 6.45) is 1.71. The van der Waals surface area contributed by atoms with Gasteiger partial charge in [-0.3, -0.25) is 10.1 Å². The highest BCUT2D eigenvalue weighted by molar-refractivity contribution is 7.18. The fourth-order valence-electron chi connectivity index (χ4n) is 2.44. The van der Waals surface area contributed by atoms with E-state index in [-0.39, 0.29) is 11.9 Å². The minimum Gasteiger partial charge on any atom is -0.329 e. The first-order valence-electron chi connectivity index (χ1n) is 8.31. The number of hydrogen-bond donors (Lipinski definition) is 2. The maximum absolute atomic E-state index is 12.8. The lowest BCUT2D eigenvalue weighted by Gasteiger charge is -2.19. The van der Waals surface area contributed by atoms with Gasteiger partial charge in [-0.2, -0.15) is 0 Å². The van der Waals surface area contributed by atoms with Crippen molar-refractivity contribution in [2.75, 3.05) is 17.2 Å². The molecule has 7 heteroatoms. The molecule has 0 bridgehead atoms. The number of para-hydroxylation sites is 1. The number of carbonyl (C=O) groups excluding carboxylic acids is 2. The molecule has 3 aromatic rings. The van der Waals surface area contributed by atoms with Gasteiger partial charge in [-0.1, -0.05) is 30.3 Å². The lowest BCUT2D eigenvalue weighted by atomic mass is 10.3. The van der Waals surface area contributed by atoms with Crippen molar-refractivity contribution in [1.82, 2.24) is 4.90 Å². The van der Waals surface area contributed by atoms with Gasteiger partial charge in [-0.05, 0) is 35.7 Å². The fraction of sp³-hybridized carbons (Fsp3) is 0.100. The number of thiophene rings is 2.